The van der Waals surface area contributed by atoms with Gasteiger partial charge in [0.05, 0.1) is 0 Å². The molecule has 2 heterocycles. The van der Waals surface area contributed by atoms with Gasteiger partial charge in [-0.25, -0.2) is 0 Å². The first-order valence-corrected chi connectivity index (χ1v) is 16.6. The summed E-state index contributed by atoms with van der Waals surface area (Å²) in [5, 5.41) is 6.90. The number of rotatable bonds is 5. The van der Waals surface area contributed by atoms with Gasteiger partial charge in [-0.1, -0.05) is 103 Å². The van der Waals surface area contributed by atoms with E-state index in [2.05, 4.69) is 157 Å². The lowest BCUT2D eigenvalue weighted by Crippen LogP contribution is -2.09. The minimum absolute atomic E-state index is 0.855. The van der Waals surface area contributed by atoms with E-state index in [4.69, 9.17) is 8.83 Å². The molecule has 0 unspecified atom stereocenters. The van der Waals surface area contributed by atoms with Gasteiger partial charge in [-0.2, -0.15) is 0 Å². The normalized spacial score (nSPS) is 11.7. The Kier molecular flexibility index (Phi) is 6.18. The fourth-order valence-electron chi connectivity index (χ4n) is 7.28. The molecule has 49 heavy (non-hydrogen) atoms. The summed E-state index contributed by atoms with van der Waals surface area (Å²) in [6, 6.07) is 62.1. The standard InChI is InChI=1S/C46H29NO2/c1-2-10-30(11-3-1)41-26-32-12-4-5-13-33(32)27-42(41)31-18-20-34(21-19-31)47(35-22-24-39-37-14-6-8-16-43(37)48-45(39)28-35)36-23-25-40-38-15-7-9-17-44(38)49-46(40)29-36/h1-29H. The summed E-state index contributed by atoms with van der Waals surface area (Å²) < 4.78 is 12.7. The molecule has 0 radical (unpaired) electrons. The van der Waals surface area contributed by atoms with Crippen LogP contribution in [-0.2, 0) is 0 Å². The summed E-state index contributed by atoms with van der Waals surface area (Å²) in [4.78, 5) is 2.28. The predicted octanol–water partition coefficient (Wildman–Crippen LogP) is 13.4. The summed E-state index contributed by atoms with van der Waals surface area (Å²) in [6.45, 7) is 0. The lowest BCUT2D eigenvalue weighted by atomic mass is 9.91. The van der Waals surface area contributed by atoms with Gasteiger partial charge >= 0.3 is 0 Å². The average molecular weight is 628 g/mol. The number of nitrogens with zero attached hydrogens (tertiary/aromatic N) is 1. The third-order valence-corrected chi connectivity index (χ3v) is 9.65. The van der Waals surface area contributed by atoms with Crippen molar-refractivity contribution in [2.24, 2.45) is 0 Å². The minimum atomic E-state index is 0.855. The maximum absolute atomic E-state index is 6.35. The molecule has 230 valence electrons. The van der Waals surface area contributed by atoms with Crippen LogP contribution in [0.2, 0.25) is 0 Å². The van der Waals surface area contributed by atoms with Crippen LogP contribution in [0.15, 0.2) is 185 Å². The molecule has 3 heteroatoms. The topological polar surface area (TPSA) is 29.5 Å². The number of para-hydroxylation sites is 2. The van der Waals surface area contributed by atoms with Gasteiger partial charge in [0.25, 0.3) is 0 Å². The Labute approximate surface area is 282 Å². The average Bonchev–Trinajstić information content (AvgIpc) is 3.73. The fraction of sp³-hybridized carbons (Fsp3) is 0. The van der Waals surface area contributed by atoms with Crippen LogP contribution >= 0.6 is 0 Å². The largest absolute Gasteiger partial charge is 0.456 e. The molecule has 0 atom stereocenters. The molecule has 0 saturated carbocycles. The SMILES string of the molecule is c1ccc(-c2cc3ccccc3cc2-c2ccc(N(c3ccc4c(c3)oc3ccccc34)c3ccc4c(c3)oc3ccccc34)cc2)cc1. The smallest absolute Gasteiger partial charge is 0.137 e. The minimum Gasteiger partial charge on any atom is -0.456 e. The highest BCUT2D eigenvalue weighted by Gasteiger charge is 2.18. The zero-order chi connectivity index (χ0) is 32.3. The van der Waals surface area contributed by atoms with E-state index in [0.29, 0.717) is 0 Å². The van der Waals surface area contributed by atoms with Crippen LogP contribution < -0.4 is 4.90 Å². The van der Waals surface area contributed by atoms with Crippen molar-refractivity contribution in [3.63, 3.8) is 0 Å². The Balaban J connectivity index is 1.14. The van der Waals surface area contributed by atoms with Gasteiger partial charge in [0.15, 0.2) is 0 Å². The molecule has 8 aromatic carbocycles. The van der Waals surface area contributed by atoms with Gasteiger partial charge in [-0.15, -0.1) is 0 Å². The second kappa shape index (κ2) is 11.0. The zero-order valence-corrected chi connectivity index (χ0v) is 26.5. The summed E-state index contributed by atoms with van der Waals surface area (Å²) >= 11 is 0. The Morgan fingerprint density at radius 2 is 0.735 bits per heavy atom. The Morgan fingerprint density at radius 3 is 1.29 bits per heavy atom. The number of hydrogen-bond acceptors (Lipinski definition) is 3. The number of furan rings is 2. The van der Waals surface area contributed by atoms with E-state index in [-0.39, 0.29) is 0 Å². The van der Waals surface area contributed by atoms with Crippen LogP contribution in [0.4, 0.5) is 17.1 Å². The van der Waals surface area contributed by atoms with E-state index >= 15 is 0 Å². The van der Waals surface area contributed by atoms with Crippen LogP contribution in [0.3, 0.4) is 0 Å². The molecule has 2 aromatic heterocycles. The Hall–Kier alpha value is -6.58. The summed E-state index contributed by atoms with van der Waals surface area (Å²) in [6.07, 6.45) is 0. The first-order chi connectivity index (χ1) is 24.3. The molecular weight excluding hydrogens is 599 g/mol. The van der Waals surface area contributed by atoms with E-state index in [0.717, 1.165) is 66.5 Å². The highest BCUT2D eigenvalue weighted by Crippen LogP contribution is 2.42. The highest BCUT2D eigenvalue weighted by molar-refractivity contribution is 6.08. The molecule has 0 spiro atoms. The van der Waals surface area contributed by atoms with Gasteiger partial charge < -0.3 is 13.7 Å². The maximum atomic E-state index is 6.35. The van der Waals surface area contributed by atoms with E-state index in [1.165, 1.54) is 27.5 Å². The molecule has 0 aliphatic carbocycles. The fourth-order valence-corrected chi connectivity index (χ4v) is 7.28. The van der Waals surface area contributed by atoms with Crippen LogP contribution in [0.5, 0.6) is 0 Å². The number of anilines is 3. The van der Waals surface area contributed by atoms with E-state index in [1.807, 2.05) is 24.3 Å². The molecule has 3 nitrogen and oxygen atoms in total. The Bertz CT molecular complexity index is 2710. The molecule has 0 saturated heterocycles. The van der Waals surface area contributed by atoms with Gasteiger partial charge in [0.2, 0.25) is 0 Å². The monoisotopic (exact) mass is 627 g/mol. The molecule has 10 rings (SSSR count). The lowest BCUT2D eigenvalue weighted by molar-refractivity contribution is 0.669. The van der Waals surface area contributed by atoms with Gasteiger partial charge in [-0.05, 0) is 93.7 Å². The summed E-state index contributed by atoms with van der Waals surface area (Å²) in [5.41, 5.74) is 11.3. The quantitative estimate of drug-likeness (QED) is 0.190. The van der Waals surface area contributed by atoms with Gasteiger partial charge in [0.1, 0.15) is 22.3 Å². The van der Waals surface area contributed by atoms with E-state index < -0.39 is 0 Å². The third-order valence-electron chi connectivity index (χ3n) is 9.65. The van der Waals surface area contributed by atoms with E-state index in [9.17, 15) is 0 Å². The molecule has 0 aliphatic heterocycles. The first-order valence-electron chi connectivity index (χ1n) is 16.6. The van der Waals surface area contributed by atoms with Crippen LogP contribution in [0, 0.1) is 0 Å². The molecule has 0 N–H and O–H groups in total. The van der Waals surface area contributed by atoms with Crippen LogP contribution in [0.25, 0.3) is 76.9 Å². The Morgan fingerprint density at radius 1 is 0.306 bits per heavy atom. The van der Waals surface area contributed by atoms with Crippen molar-refractivity contribution in [3.05, 3.63) is 176 Å². The van der Waals surface area contributed by atoms with Crippen LogP contribution in [-0.4, -0.2) is 0 Å². The predicted molar refractivity (Wildman–Crippen MR) is 204 cm³/mol. The molecule has 10 aromatic rings. The third kappa shape index (κ3) is 4.59. The van der Waals surface area contributed by atoms with Crippen molar-refractivity contribution < 1.29 is 8.83 Å². The van der Waals surface area contributed by atoms with Gasteiger partial charge in [-0.3, -0.25) is 0 Å². The first kappa shape index (κ1) is 27.5. The second-order valence-corrected chi connectivity index (χ2v) is 12.6. The molecule has 0 bridgehead atoms. The summed E-state index contributed by atoms with van der Waals surface area (Å²) in [5.74, 6) is 0. The molecule has 0 amide bonds. The van der Waals surface area contributed by atoms with Crippen molar-refractivity contribution in [2.75, 3.05) is 4.90 Å². The maximum Gasteiger partial charge on any atom is 0.137 e. The summed E-state index contributed by atoms with van der Waals surface area (Å²) in [7, 11) is 0. The number of benzene rings is 8. The van der Waals surface area contributed by atoms with Crippen molar-refractivity contribution in [1.29, 1.82) is 0 Å². The molecule has 0 aliphatic rings. The van der Waals surface area contributed by atoms with Crippen molar-refractivity contribution >= 4 is 71.7 Å². The number of fused-ring (bicyclic) bond motifs is 7. The second-order valence-electron chi connectivity index (χ2n) is 12.6. The van der Waals surface area contributed by atoms with Crippen molar-refractivity contribution in [3.8, 4) is 22.3 Å². The van der Waals surface area contributed by atoms with Crippen molar-refractivity contribution in [1.82, 2.24) is 0 Å². The number of hydrogen-bond donors (Lipinski definition) is 0. The van der Waals surface area contributed by atoms with Gasteiger partial charge in [0, 0.05) is 50.7 Å². The van der Waals surface area contributed by atoms with Crippen LogP contribution in [0.1, 0.15) is 0 Å². The molecular formula is C46H29NO2. The van der Waals surface area contributed by atoms with Crippen molar-refractivity contribution in [2.45, 2.75) is 0 Å². The highest BCUT2D eigenvalue weighted by atomic mass is 16.3. The van der Waals surface area contributed by atoms with E-state index in [1.54, 1.807) is 0 Å². The zero-order valence-electron chi connectivity index (χ0n) is 26.5. The molecule has 0 fully saturated rings. The lowest BCUT2D eigenvalue weighted by Gasteiger charge is -2.26.